The van der Waals surface area contributed by atoms with E-state index in [0.29, 0.717) is 18.3 Å². The average molecular weight is 425 g/mol. The monoisotopic (exact) mass is 424 g/mol. The van der Waals surface area contributed by atoms with Crippen molar-refractivity contribution in [2.45, 2.75) is 52.4 Å². The molecule has 1 aromatic heterocycles. The third-order valence-electron chi connectivity index (χ3n) is 4.93. The van der Waals surface area contributed by atoms with Crippen LogP contribution < -0.4 is 10.1 Å². The van der Waals surface area contributed by atoms with Crippen LogP contribution in [0.4, 0.5) is 5.69 Å². The number of amides is 1. The fourth-order valence-electron chi connectivity index (χ4n) is 2.95. The molecular formula is C23H28N4O2S. The Labute approximate surface area is 182 Å². The molecule has 1 heterocycles. The van der Waals surface area contributed by atoms with Crippen LogP contribution in [-0.2, 0) is 24.4 Å². The molecule has 0 aliphatic rings. The number of carbonyl (C=O) groups is 1. The number of benzene rings is 2. The molecule has 0 aliphatic carbocycles. The van der Waals surface area contributed by atoms with Gasteiger partial charge in [0.1, 0.15) is 12.4 Å². The molecule has 0 radical (unpaired) electrons. The van der Waals surface area contributed by atoms with Crippen LogP contribution in [-0.4, -0.2) is 26.4 Å². The first-order chi connectivity index (χ1) is 14.5. The normalized spacial score (nSPS) is 10.8. The predicted molar refractivity (Wildman–Crippen MR) is 121 cm³/mol. The Morgan fingerprint density at radius 1 is 1.07 bits per heavy atom. The molecule has 0 saturated heterocycles. The van der Waals surface area contributed by atoms with Crippen LogP contribution in [0.3, 0.4) is 0 Å². The fraction of sp³-hybridized carbons (Fsp3) is 0.348. The molecule has 2 aromatic carbocycles. The Bertz CT molecular complexity index is 999. The van der Waals surface area contributed by atoms with Gasteiger partial charge in [0.05, 0.1) is 5.75 Å². The van der Waals surface area contributed by atoms with Gasteiger partial charge >= 0.3 is 0 Å². The third kappa shape index (κ3) is 5.63. The van der Waals surface area contributed by atoms with Crippen LogP contribution in [0.25, 0.3) is 0 Å². The summed E-state index contributed by atoms with van der Waals surface area (Å²) in [5, 5.41) is 12.1. The number of aryl methyl sites for hydroxylation is 3. The summed E-state index contributed by atoms with van der Waals surface area (Å²) in [6.45, 7) is 9.32. The lowest BCUT2D eigenvalue weighted by atomic mass is 10.1. The summed E-state index contributed by atoms with van der Waals surface area (Å²) >= 11 is 1.38. The minimum absolute atomic E-state index is 0.0668. The highest BCUT2D eigenvalue weighted by Gasteiger charge is 2.14. The van der Waals surface area contributed by atoms with Crippen molar-refractivity contribution in [1.29, 1.82) is 0 Å². The zero-order valence-corrected chi connectivity index (χ0v) is 18.8. The first kappa shape index (κ1) is 21.9. The molecule has 0 fully saturated rings. The molecule has 0 atom stereocenters. The SMILES string of the molecule is CCc1ccc(NC(=O)CSc2nnc(COc3ccc(C)c(C)c3)n2CC)cc1. The van der Waals surface area contributed by atoms with Crippen LogP contribution in [0.2, 0.25) is 0 Å². The fourth-order valence-corrected chi connectivity index (χ4v) is 3.77. The quantitative estimate of drug-likeness (QED) is 0.500. The number of aromatic nitrogens is 3. The van der Waals surface area contributed by atoms with Crippen molar-refractivity contribution >= 4 is 23.4 Å². The summed E-state index contributed by atoms with van der Waals surface area (Å²) in [7, 11) is 0. The van der Waals surface area contributed by atoms with E-state index in [1.807, 2.05) is 54.0 Å². The van der Waals surface area contributed by atoms with E-state index in [2.05, 4.69) is 36.3 Å². The van der Waals surface area contributed by atoms with Crippen LogP contribution in [0, 0.1) is 13.8 Å². The molecule has 0 unspecified atom stereocenters. The second-order valence-electron chi connectivity index (χ2n) is 7.07. The molecule has 158 valence electrons. The maximum atomic E-state index is 12.3. The first-order valence-corrected chi connectivity index (χ1v) is 11.1. The molecule has 0 saturated carbocycles. The van der Waals surface area contributed by atoms with Crippen molar-refractivity contribution in [2.75, 3.05) is 11.1 Å². The minimum atomic E-state index is -0.0668. The highest BCUT2D eigenvalue weighted by Crippen LogP contribution is 2.21. The molecule has 1 N–H and O–H groups in total. The standard InChI is InChI=1S/C23H28N4O2S/c1-5-18-8-10-19(11-9-18)24-22(28)15-30-23-26-25-21(27(23)6-2)14-29-20-12-7-16(3)17(4)13-20/h7-13H,5-6,14-15H2,1-4H3,(H,24,28). The molecule has 0 bridgehead atoms. The molecule has 3 aromatic rings. The smallest absolute Gasteiger partial charge is 0.234 e. The highest BCUT2D eigenvalue weighted by atomic mass is 32.2. The van der Waals surface area contributed by atoms with Gasteiger partial charge in [0.15, 0.2) is 11.0 Å². The summed E-state index contributed by atoms with van der Waals surface area (Å²) in [4.78, 5) is 12.3. The number of nitrogens with one attached hydrogen (secondary N) is 1. The second-order valence-corrected chi connectivity index (χ2v) is 8.01. The minimum Gasteiger partial charge on any atom is -0.486 e. The maximum absolute atomic E-state index is 12.3. The van der Waals surface area contributed by atoms with E-state index in [4.69, 9.17) is 4.74 Å². The first-order valence-electron chi connectivity index (χ1n) is 10.1. The Morgan fingerprint density at radius 3 is 2.50 bits per heavy atom. The molecule has 7 heteroatoms. The van der Waals surface area contributed by atoms with E-state index in [-0.39, 0.29) is 11.7 Å². The summed E-state index contributed by atoms with van der Waals surface area (Å²) in [5.74, 6) is 1.76. The van der Waals surface area contributed by atoms with Crippen LogP contribution in [0.15, 0.2) is 47.6 Å². The zero-order valence-electron chi connectivity index (χ0n) is 17.9. The van der Waals surface area contributed by atoms with Crippen molar-refractivity contribution in [3.63, 3.8) is 0 Å². The lowest BCUT2D eigenvalue weighted by Crippen LogP contribution is -2.15. The van der Waals surface area contributed by atoms with Crippen LogP contribution >= 0.6 is 11.8 Å². The van der Waals surface area contributed by atoms with Crippen molar-refractivity contribution in [3.05, 3.63) is 65.0 Å². The van der Waals surface area contributed by atoms with E-state index in [0.717, 1.165) is 23.7 Å². The Morgan fingerprint density at radius 2 is 1.83 bits per heavy atom. The lowest BCUT2D eigenvalue weighted by molar-refractivity contribution is -0.113. The van der Waals surface area contributed by atoms with E-state index < -0.39 is 0 Å². The van der Waals surface area contributed by atoms with Gasteiger partial charge in [-0.3, -0.25) is 4.79 Å². The van der Waals surface area contributed by atoms with Crippen LogP contribution in [0.1, 0.15) is 36.4 Å². The average Bonchev–Trinajstić information content (AvgIpc) is 3.15. The van der Waals surface area contributed by atoms with E-state index in [9.17, 15) is 4.79 Å². The highest BCUT2D eigenvalue weighted by molar-refractivity contribution is 7.99. The Hall–Kier alpha value is -2.80. The molecule has 3 rings (SSSR count). The number of rotatable bonds is 9. The molecular weight excluding hydrogens is 396 g/mol. The molecule has 1 amide bonds. The Kier molecular flexibility index (Phi) is 7.52. The molecule has 0 spiro atoms. The predicted octanol–water partition coefficient (Wildman–Crippen LogP) is 4.79. The number of carbonyl (C=O) groups excluding carboxylic acids is 1. The molecule has 6 nitrogen and oxygen atoms in total. The van der Waals surface area contributed by atoms with Gasteiger partial charge in [-0.1, -0.05) is 36.9 Å². The van der Waals surface area contributed by atoms with Gasteiger partial charge in [-0.2, -0.15) is 0 Å². The molecule has 30 heavy (non-hydrogen) atoms. The van der Waals surface area contributed by atoms with Gasteiger partial charge in [-0.15, -0.1) is 10.2 Å². The molecule has 0 aliphatic heterocycles. The van der Waals surface area contributed by atoms with Crippen molar-refractivity contribution < 1.29 is 9.53 Å². The van der Waals surface area contributed by atoms with Crippen molar-refractivity contribution in [3.8, 4) is 5.75 Å². The largest absolute Gasteiger partial charge is 0.486 e. The van der Waals surface area contributed by atoms with Gasteiger partial charge in [0.2, 0.25) is 5.91 Å². The van der Waals surface area contributed by atoms with E-state index in [1.54, 1.807) is 0 Å². The third-order valence-corrected chi connectivity index (χ3v) is 5.90. The van der Waals surface area contributed by atoms with Crippen LogP contribution in [0.5, 0.6) is 5.75 Å². The van der Waals surface area contributed by atoms with E-state index >= 15 is 0 Å². The maximum Gasteiger partial charge on any atom is 0.234 e. The Balaban J connectivity index is 1.56. The summed E-state index contributed by atoms with van der Waals surface area (Å²) < 4.78 is 7.88. The van der Waals surface area contributed by atoms with Gasteiger partial charge in [0, 0.05) is 12.2 Å². The summed E-state index contributed by atoms with van der Waals surface area (Å²) in [6, 6.07) is 13.9. The van der Waals surface area contributed by atoms with Crippen molar-refractivity contribution in [1.82, 2.24) is 14.8 Å². The number of hydrogen-bond acceptors (Lipinski definition) is 5. The van der Waals surface area contributed by atoms with E-state index in [1.165, 1.54) is 28.5 Å². The summed E-state index contributed by atoms with van der Waals surface area (Å²) in [5.41, 5.74) is 4.47. The number of nitrogens with zero attached hydrogens (tertiary/aromatic N) is 3. The number of ether oxygens (including phenoxy) is 1. The van der Waals surface area contributed by atoms with Gasteiger partial charge in [-0.05, 0) is 68.1 Å². The number of hydrogen-bond donors (Lipinski definition) is 1. The topological polar surface area (TPSA) is 69.0 Å². The van der Waals surface area contributed by atoms with Gasteiger partial charge in [0.25, 0.3) is 0 Å². The lowest BCUT2D eigenvalue weighted by Gasteiger charge is -2.10. The van der Waals surface area contributed by atoms with Crippen molar-refractivity contribution in [2.24, 2.45) is 0 Å². The van der Waals surface area contributed by atoms with Gasteiger partial charge in [-0.25, -0.2) is 0 Å². The van der Waals surface area contributed by atoms with Gasteiger partial charge < -0.3 is 14.6 Å². The second kappa shape index (κ2) is 10.3. The summed E-state index contributed by atoms with van der Waals surface area (Å²) in [6.07, 6.45) is 0.978. The number of anilines is 1. The zero-order chi connectivity index (χ0) is 21.5. The number of thioether (sulfide) groups is 1.